The Hall–Kier alpha value is -2.94. The van der Waals surface area contributed by atoms with Crippen molar-refractivity contribution in [3.63, 3.8) is 0 Å². The lowest BCUT2D eigenvalue weighted by molar-refractivity contribution is 0.379. The highest BCUT2D eigenvalue weighted by molar-refractivity contribution is 5.60. The van der Waals surface area contributed by atoms with Crippen LogP contribution in [0.25, 0.3) is 0 Å². The normalized spacial score (nSPS) is 19.6. The van der Waals surface area contributed by atoms with Crippen LogP contribution in [0.1, 0.15) is 41.1 Å². The summed E-state index contributed by atoms with van der Waals surface area (Å²) in [6.07, 6.45) is 2.49. The van der Waals surface area contributed by atoms with Gasteiger partial charge in [-0.25, -0.2) is 0 Å². The van der Waals surface area contributed by atoms with E-state index in [0.29, 0.717) is 11.5 Å². The smallest absolute Gasteiger partial charge is 0.244 e. The van der Waals surface area contributed by atoms with Crippen LogP contribution >= 0.6 is 0 Å². The summed E-state index contributed by atoms with van der Waals surface area (Å²) in [4.78, 5) is 2.42. The summed E-state index contributed by atoms with van der Waals surface area (Å²) in [6.45, 7) is 6.28. The number of nitrogens with zero attached hydrogens (tertiary/aromatic N) is 3. The molecule has 1 aromatic carbocycles. The highest BCUT2D eigenvalue weighted by Crippen LogP contribution is 2.43. The van der Waals surface area contributed by atoms with Crippen molar-refractivity contribution >= 4 is 5.69 Å². The van der Waals surface area contributed by atoms with Gasteiger partial charge in [-0.1, -0.05) is 12.1 Å². The average Bonchev–Trinajstić information content (AvgIpc) is 3.24. The summed E-state index contributed by atoms with van der Waals surface area (Å²) >= 11 is 0. The Morgan fingerprint density at radius 3 is 2.76 bits per heavy atom. The summed E-state index contributed by atoms with van der Waals surface area (Å²) in [7, 11) is 0. The van der Waals surface area contributed by atoms with E-state index in [4.69, 9.17) is 10.5 Å². The third kappa shape index (κ3) is 2.43. The van der Waals surface area contributed by atoms with Gasteiger partial charge in [-0.3, -0.25) is 5.10 Å². The summed E-state index contributed by atoms with van der Waals surface area (Å²) in [5, 5.41) is 16.8. The maximum Gasteiger partial charge on any atom is 0.244 e. The molecule has 4 rings (SSSR count). The van der Waals surface area contributed by atoms with Gasteiger partial charge in [-0.15, -0.1) is 5.10 Å². The number of aryl methyl sites for hydroxylation is 2. The van der Waals surface area contributed by atoms with Crippen LogP contribution in [0.5, 0.6) is 5.88 Å². The Labute approximate surface area is 146 Å². The van der Waals surface area contributed by atoms with Gasteiger partial charge in [0.2, 0.25) is 11.8 Å². The van der Waals surface area contributed by atoms with Gasteiger partial charge >= 0.3 is 0 Å². The number of nitriles is 1. The van der Waals surface area contributed by atoms with E-state index in [2.05, 4.69) is 46.3 Å². The minimum absolute atomic E-state index is 0.132. The fraction of sp³-hybridized carbons (Fsp3) is 0.368. The molecule has 0 spiro atoms. The molecule has 0 aliphatic carbocycles. The first-order valence-electron chi connectivity index (χ1n) is 8.58. The maximum absolute atomic E-state index is 9.64. The number of anilines is 1. The van der Waals surface area contributed by atoms with Crippen LogP contribution in [0.2, 0.25) is 0 Å². The molecule has 1 fully saturated rings. The number of allylic oxidation sites excluding steroid dienone is 1. The first kappa shape index (κ1) is 15.6. The molecule has 2 aliphatic heterocycles. The maximum atomic E-state index is 9.64. The molecule has 1 atom stereocenters. The van der Waals surface area contributed by atoms with E-state index in [9.17, 15) is 5.26 Å². The Morgan fingerprint density at radius 1 is 1.32 bits per heavy atom. The lowest BCUT2D eigenvalue weighted by atomic mass is 9.83. The van der Waals surface area contributed by atoms with Crippen molar-refractivity contribution in [2.75, 3.05) is 18.0 Å². The van der Waals surface area contributed by atoms with E-state index in [1.54, 1.807) is 0 Å². The zero-order valence-corrected chi connectivity index (χ0v) is 14.5. The first-order chi connectivity index (χ1) is 12.1. The minimum atomic E-state index is -0.251. The molecule has 0 radical (unpaired) electrons. The van der Waals surface area contributed by atoms with E-state index in [0.717, 1.165) is 29.9 Å². The van der Waals surface area contributed by atoms with Crippen molar-refractivity contribution in [2.24, 2.45) is 5.73 Å². The van der Waals surface area contributed by atoms with Crippen LogP contribution < -0.4 is 15.4 Å². The molecule has 128 valence electrons. The molecule has 0 saturated carbocycles. The highest BCUT2D eigenvalue weighted by Gasteiger charge is 2.34. The number of nitrogens with one attached hydrogen (secondary N) is 1. The van der Waals surface area contributed by atoms with E-state index in [-0.39, 0.29) is 11.8 Å². The van der Waals surface area contributed by atoms with Crippen molar-refractivity contribution < 1.29 is 4.74 Å². The molecule has 1 saturated heterocycles. The molecule has 0 bridgehead atoms. The molecule has 0 amide bonds. The van der Waals surface area contributed by atoms with Crippen molar-refractivity contribution in [3.05, 3.63) is 52.0 Å². The number of nitrogens with two attached hydrogens (primary N) is 1. The SMILES string of the molecule is Cc1cc([C@H]2C(C#N)=C(N)Oc3n[nH]c(C)c32)ccc1N1CCCC1. The zero-order valence-electron chi connectivity index (χ0n) is 14.5. The van der Waals surface area contributed by atoms with Gasteiger partial charge in [0.1, 0.15) is 11.6 Å². The van der Waals surface area contributed by atoms with Crippen LogP contribution in [0.3, 0.4) is 0 Å². The molecule has 2 aliphatic rings. The van der Waals surface area contributed by atoms with E-state index >= 15 is 0 Å². The quantitative estimate of drug-likeness (QED) is 0.880. The number of aromatic amines is 1. The Bertz CT molecular complexity index is 899. The second-order valence-corrected chi connectivity index (χ2v) is 6.73. The van der Waals surface area contributed by atoms with E-state index in [1.807, 2.05) is 6.92 Å². The topological polar surface area (TPSA) is 91.0 Å². The Morgan fingerprint density at radius 2 is 2.08 bits per heavy atom. The fourth-order valence-corrected chi connectivity index (χ4v) is 3.90. The number of hydrogen-bond acceptors (Lipinski definition) is 5. The van der Waals surface area contributed by atoms with E-state index in [1.165, 1.54) is 24.1 Å². The molecule has 1 aromatic heterocycles. The lowest BCUT2D eigenvalue weighted by Crippen LogP contribution is -2.22. The van der Waals surface area contributed by atoms with Crippen LogP contribution in [-0.2, 0) is 0 Å². The molecular formula is C19H21N5O. The monoisotopic (exact) mass is 335 g/mol. The molecule has 2 aromatic rings. The number of benzene rings is 1. The van der Waals surface area contributed by atoms with Gasteiger partial charge in [-0.05, 0) is 43.9 Å². The summed E-state index contributed by atoms with van der Waals surface area (Å²) in [6, 6.07) is 8.64. The lowest BCUT2D eigenvalue weighted by Gasteiger charge is -2.26. The molecule has 6 heteroatoms. The second kappa shape index (κ2) is 5.85. The second-order valence-electron chi connectivity index (χ2n) is 6.73. The predicted molar refractivity (Wildman–Crippen MR) is 95.2 cm³/mol. The Kier molecular flexibility index (Phi) is 3.65. The highest BCUT2D eigenvalue weighted by atomic mass is 16.5. The van der Waals surface area contributed by atoms with Gasteiger partial charge in [0.05, 0.1) is 5.92 Å². The van der Waals surface area contributed by atoms with Crippen molar-refractivity contribution in [1.82, 2.24) is 10.2 Å². The summed E-state index contributed by atoms with van der Waals surface area (Å²) < 4.78 is 5.53. The molecule has 6 nitrogen and oxygen atoms in total. The van der Waals surface area contributed by atoms with Gasteiger partial charge < -0.3 is 15.4 Å². The van der Waals surface area contributed by atoms with Crippen LogP contribution in [0, 0.1) is 25.2 Å². The zero-order chi connectivity index (χ0) is 17.6. The largest absolute Gasteiger partial charge is 0.420 e. The number of hydrogen-bond donors (Lipinski definition) is 2. The van der Waals surface area contributed by atoms with Gasteiger partial charge in [0.15, 0.2) is 0 Å². The number of ether oxygens (including phenoxy) is 1. The third-order valence-electron chi connectivity index (χ3n) is 5.13. The van der Waals surface area contributed by atoms with Gasteiger partial charge in [0.25, 0.3) is 0 Å². The standard InChI is InChI=1S/C19H21N5O/c1-11-9-13(5-6-15(11)24-7-3-4-8-24)17-14(10-20)18(21)25-19-16(17)12(2)22-23-19/h5-6,9,17H,3-4,7-8,21H2,1-2H3,(H,22,23)/t17-/m0/s1. The van der Waals surface area contributed by atoms with Crippen molar-refractivity contribution in [3.8, 4) is 11.9 Å². The summed E-state index contributed by atoms with van der Waals surface area (Å²) in [5.41, 5.74) is 11.7. The molecule has 25 heavy (non-hydrogen) atoms. The third-order valence-corrected chi connectivity index (χ3v) is 5.13. The van der Waals surface area contributed by atoms with Crippen LogP contribution in [0.4, 0.5) is 5.69 Å². The predicted octanol–water partition coefficient (Wildman–Crippen LogP) is 2.84. The number of H-pyrrole nitrogens is 1. The van der Waals surface area contributed by atoms with E-state index < -0.39 is 0 Å². The Balaban J connectivity index is 1.81. The average molecular weight is 335 g/mol. The van der Waals surface area contributed by atoms with Crippen molar-refractivity contribution in [1.29, 1.82) is 5.26 Å². The van der Waals surface area contributed by atoms with Gasteiger partial charge in [-0.2, -0.15) is 5.26 Å². The molecule has 0 unspecified atom stereocenters. The first-order valence-corrected chi connectivity index (χ1v) is 8.58. The molecular weight excluding hydrogens is 314 g/mol. The number of aromatic nitrogens is 2. The van der Waals surface area contributed by atoms with Crippen LogP contribution in [0.15, 0.2) is 29.7 Å². The minimum Gasteiger partial charge on any atom is -0.420 e. The molecule has 3 heterocycles. The van der Waals surface area contributed by atoms with Crippen LogP contribution in [-0.4, -0.2) is 23.3 Å². The number of rotatable bonds is 2. The van der Waals surface area contributed by atoms with Crippen molar-refractivity contribution in [2.45, 2.75) is 32.6 Å². The fourth-order valence-electron chi connectivity index (χ4n) is 3.90. The molecule has 3 N–H and O–H groups in total. The number of fused-ring (bicyclic) bond motifs is 1. The summed E-state index contributed by atoms with van der Waals surface area (Å²) in [5.74, 6) is 0.340. The van der Waals surface area contributed by atoms with Gasteiger partial charge in [0, 0.05) is 30.0 Å².